The van der Waals surface area contributed by atoms with Gasteiger partial charge in [-0.05, 0) is 51.4 Å². The molecule has 0 aromatic carbocycles. The third kappa shape index (κ3) is 3.40. The van der Waals surface area contributed by atoms with Crippen molar-refractivity contribution >= 4 is 5.91 Å². The topological polar surface area (TPSA) is 45.2 Å². The van der Waals surface area contributed by atoms with E-state index in [4.69, 9.17) is 0 Å². The number of aryl methyl sites for hydroxylation is 2. The van der Waals surface area contributed by atoms with E-state index < -0.39 is 11.9 Å². The summed E-state index contributed by atoms with van der Waals surface area (Å²) in [5, 5.41) is 3.08. The monoisotopic (exact) mass is 315 g/mol. The van der Waals surface area contributed by atoms with Gasteiger partial charge >= 0.3 is 6.18 Å². The van der Waals surface area contributed by atoms with Crippen LogP contribution in [0.5, 0.6) is 0 Å². The molecule has 7 heteroatoms. The largest absolute Gasteiger partial charge is 0.433 e. The van der Waals surface area contributed by atoms with Gasteiger partial charge in [-0.3, -0.25) is 4.79 Å². The number of hydrogen-bond acceptors (Lipinski definition) is 3. The van der Waals surface area contributed by atoms with E-state index in [1.54, 1.807) is 4.90 Å². The fourth-order valence-electron chi connectivity index (χ4n) is 2.93. The van der Waals surface area contributed by atoms with Crippen LogP contribution in [0.3, 0.4) is 0 Å². The molecule has 2 rings (SSSR count). The Morgan fingerprint density at radius 1 is 1.45 bits per heavy atom. The van der Waals surface area contributed by atoms with Crippen LogP contribution in [0.2, 0.25) is 0 Å². The predicted molar refractivity (Wildman–Crippen MR) is 76.7 cm³/mol. The second kappa shape index (κ2) is 6.24. The second-order valence-electron chi connectivity index (χ2n) is 5.75. The summed E-state index contributed by atoms with van der Waals surface area (Å²) in [6, 6.07) is 0.946. The molecule has 2 heterocycles. The first-order valence-corrected chi connectivity index (χ1v) is 7.23. The Bertz CT molecular complexity index is 549. The lowest BCUT2D eigenvalue weighted by Gasteiger charge is -2.20. The number of carbonyl (C=O) groups excluding carboxylic acids is 1. The average Bonchev–Trinajstić information content (AvgIpc) is 2.85. The molecule has 1 aromatic heterocycles. The van der Waals surface area contributed by atoms with E-state index in [2.05, 4.69) is 10.3 Å². The van der Waals surface area contributed by atoms with E-state index in [-0.39, 0.29) is 17.2 Å². The van der Waals surface area contributed by atoms with Gasteiger partial charge in [-0.2, -0.15) is 13.2 Å². The highest BCUT2D eigenvalue weighted by Crippen LogP contribution is 2.30. The molecule has 0 aliphatic carbocycles. The summed E-state index contributed by atoms with van der Waals surface area (Å²) >= 11 is 0. The van der Waals surface area contributed by atoms with E-state index in [1.807, 2.05) is 7.05 Å². The third-order valence-corrected chi connectivity index (χ3v) is 3.97. The molecule has 0 bridgehead atoms. The average molecular weight is 315 g/mol. The molecule has 1 fully saturated rings. The standard InChI is InChI=1S/C15H20F3N3O/c1-9-6-12(15(16,17)18)20-10(2)13(9)14(22)21-5-4-11(8-21)7-19-3/h6,11,19H,4-5,7-8H2,1-3H3/t11-/m1/s1. The van der Waals surface area contributed by atoms with Gasteiger partial charge < -0.3 is 10.2 Å². The maximum Gasteiger partial charge on any atom is 0.433 e. The maximum absolute atomic E-state index is 12.8. The summed E-state index contributed by atoms with van der Waals surface area (Å²) < 4.78 is 38.3. The van der Waals surface area contributed by atoms with Gasteiger partial charge in [0, 0.05) is 13.1 Å². The number of pyridine rings is 1. The molecule has 22 heavy (non-hydrogen) atoms. The van der Waals surface area contributed by atoms with E-state index in [0.717, 1.165) is 19.0 Å². The number of amides is 1. The summed E-state index contributed by atoms with van der Waals surface area (Å²) in [5.41, 5.74) is -0.206. The zero-order valence-electron chi connectivity index (χ0n) is 12.9. The number of aromatic nitrogens is 1. The van der Waals surface area contributed by atoms with Crippen LogP contribution in [0.1, 0.15) is 33.7 Å². The van der Waals surface area contributed by atoms with Gasteiger partial charge in [0.25, 0.3) is 5.91 Å². The van der Waals surface area contributed by atoms with Gasteiger partial charge in [0.2, 0.25) is 0 Å². The zero-order chi connectivity index (χ0) is 16.5. The quantitative estimate of drug-likeness (QED) is 0.931. The van der Waals surface area contributed by atoms with Crippen LogP contribution in [0.4, 0.5) is 13.2 Å². The summed E-state index contributed by atoms with van der Waals surface area (Å²) in [5.74, 6) is 0.159. The second-order valence-corrected chi connectivity index (χ2v) is 5.75. The fourth-order valence-corrected chi connectivity index (χ4v) is 2.93. The number of likely N-dealkylation sites (tertiary alicyclic amines) is 1. The minimum Gasteiger partial charge on any atom is -0.338 e. The number of carbonyl (C=O) groups is 1. The summed E-state index contributed by atoms with van der Waals surface area (Å²) in [6.45, 7) is 5.06. The minimum atomic E-state index is -4.50. The number of alkyl halides is 3. The van der Waals surface area contributed by atoms with Crippen LogP contribution in [0.25, 0.3) is 0 Å². The number of nitrogens with zero attached hydrogens (tertiary/aromatic N) is 2. The van der Waals surface area contributed by atoms with Crippen LogP contribution >= 0.6 is 0 Å². The molecule has 1 aliphatic rings. The Morgan fingerprint density at radius 3 is 2.68 bits per heavy atom. The molecule has 1 aromatic rings. The molecular weight excluding hydrogens is 295 g/mol. The summed E-state index contributed by atoms with van der Waals surface area (Å²) in [7, 11) is 1.86. The lowest BCUT2D eigenvalue weighted by molar-refractivity contribution is -0.141. The highest BCUT2D eigenvalue weighted by molar-refractivity contribution is 5.96. The molecule has 1 amide bonds. The first-order chi connectivity index (χ1) is 10.2. The maximum atomic E-state index is 12.8. The minimum absolute atomic E-state index is 0.134. The van der Waals surface area contributed by atoms with Crippen molar-refractivity contribution < 1.29 is 18.0 Å². The predicted octanol–water partition coefficient (Wildman–Crippen LogP) is 2.40. The van der Waals surface area contributed by atoms with Gasteiger partial charge in [0.1, 0.15) is 5.69 Å². The normalized spacial score (nSPS) is 18.8. The Hall–Kier alpha value is -1.63. The van der Waals surface area contributed by atoms with Gasteiger partial charge in [0.15, 0.2) is 0 Å². The Labute approximate surface area is 127 Å². The molecule has 1 saturated heterocycles. The summed E-state index contributed by atoms with van der Waals surface area (Å²) in [4.78, 5) is 17.9. The van der Waals surface area contributed by atoms with Crippen molar-refractivity contribution in [3.63, 3.8) is 0 Å². The third-order valence-electron chi connectivity index (χ3n) is 3.97. The van der Waals surface area contributed by atoms with E-state index in [1.165, 1.54) is 13.8 Å². The van der Waals surface area contributed by atoms with Gasteiger partial charge in [-0.1, -0.05) is 0 Å². The highest BCUT2D eigenvalue weighted by Gasteiger charge is 2.35. The Kier molecular flexibility index (Phi) is 4.75. The number of nitrogens with one attached hydrogen (secondary N) is 1. The van der Waals surface area contributed by atoms with Crippen molar-refractivity contribution in [2.75, 3.05) is 26.7 Å². The fraction of sp³-hybridized carbons (Fsp3) is 0.600. The molecule has 122 valence electrons. The molecule has 1 atom stereocenters. The molecule has 1 N–H and O–H groups in total. The number of halogens is 3. The van der Waals surface area contributed by atoms with Crippen molar-refractivity contribution in [1.29, 1.82) is 0 Å². The van der Waals surface area contributed by atoms with Crippen molar-refractivity contribution in [3.05, 3.63) is 28.6 Å². The van der Waals surface area contributed by atoms with Crippen molar-refractivity contribution in [3.8, 4) is 0 Å². The molecule has 0 radical (unpaired) electrons. The Balaban J connectivity index is 2.24. The van der Waals surface area contributed by atoms with Crippen LogP contribution in [0.15, 0.2) is 6.07 Å². The SMILES string of the molecule is CNC[C@H]1CCN(C(=O)c2c(C)cc(C(F)(F)F)nc2C)C1. The van der Waals surface area contributed by atoms with Gasteiger partial charge in [-0.15, -0.1) is 0 Å². The molecule has 0 spiro atoms. The van der Waals surface area contributed by atoms with E-state index in [9.17, 15) is 18.0 Å². The van der Waals surface area contributed by atoms with Crippen molar-refractivity contribution in [1.82, 2.24) is 15.2 Å². The van der Waals surface area contributed by atoms with Crippen LogP contribution in [-0.4, -0.2) is 42.5 Å². The van der Waals surface area contributed by atoms with Gasteiger partial charge in [0.05, 0.1) is 11.3 Å². The molecule has 0 saturated carbocycles. The number of rotatable bonds is 3. The van der Waals surface area contributed by atoms with E-state index >= 15 is 0 Å². The molecular formula is C15H20F3N3O. The lowest BCUT2D eigenvalue weighted by atomic mass is 10.0. The van der Waals surface area contributed by atoms with Crippen LogP contribution in [0, 0.1) is 19.8 Å². The van der Waals surface area contributed by atoms with Crippen molar-refractivity contribution in [2.45, 2.75) is 26.4 Å². The molecule has 1 aliphatic heterocycles. The molecule has 4 nitrogen and oxygen atoms in total. The molecule has 0 unspecified atom stereocenters. The van der Waals surface area contributed by atoms with Crippen LogP contribution in [-0.2, 0) is 6.18 Å². The van der Waals surface area contributed by atoms with Gasteiger partial charge in [-0.25, -0.2) is 4.98 Å². The lowest BCUT2D eigenvalue weighted by Crippen LogP contribution is -2.31. The van der Waals surface area contributed by atoms with Crippen LogP contribution < -0.4 is 5.32 Å². The highest BCUT2D eigenvalue weighted by atomic mass is 19.4. The van der Waals surface area contributed by atoms with Crippen molar-refractivity contribution in [2.24, 2.45) is 5.92 Å². The first kappa shape index (κ1) is 16.7. The smallest absolute Gasteiger partial charge is 0.338 e. The zero-order valence-corrected chi connectivity index (χ0v) is 12.9. The summed E-state index contributed by atoms with van der Waals surface area (Å²) in [6.07, 6.45) is -3.60. The number of hydrogen-bond donors (Lipinski definition) is 1. The Morgan fingerprint density at radius 2 is 2.14 bits per heavy atom. The van der Waals surface area contributed by atoms with E-state index in [0.29, 0.717) is 24.6 Å². The first-order valence-electron chi connectivity index (χ1n) is 7.23.